The summed E-state index contributed by atoms with van der Waals surface area (Å²) >= 11 is 2.56. The Hall–Kier alpha value is -4.54. The molecule has 8 nitrogen and oxygen atoms in total. The smallest absolute Gasteiger partial charge is 0.222 e. The molecule has 0 atom stereocenters. The van der Waals surface area contributed by atoms with Crippen LogP contribution >= 0.6 is 22.7 Å². The van der Waals surface area contributed by atoms with Gasteiger partial charge in [-0.1, -0.05) is 65.1 Å². The first-order valence-electron chi connectivity index (χ1n) is 13.5. The molecule has 0 unspecified atom stereocenters. The van der Waals surface area contributed by atoms with Crippen molar-refractivity contribution < 1.29 is 19.1 Å². The minimum absolute atomic E-state index is 0.108. The van der Waals surface area contributed by atoms with Gasteiger partial charge in [-0.05, 0) is 56.3 Å². The van der Waals surface area contributed by atoms with Crippen molar-refractivity contribution in [2.45, 2.75) is 27.7 Å². The van der Waals surface area contributed by atoms with Gasteiger partial charge < -0.3 is 9.47 Å². The highest BCUT2D eigenvalue weighted by molar-refractivity contribution is 7.12. The van der Waals surface area contributed by atoms with Crippen molar-refractivity contribution in [3.8, 4) is 23.1 Å². The second kappa shape index (κ2) is 13.0. The highest BCUT2D eigenvalue weighted by Crippen LogP contribution is 2.31. The van der Waals surface area contributed by atoms with Crippen molar-refractivity contribution in [1.82, 2.24) is 9.13 Å². The summed E-state index contributed by atoms with van der Waals surface area (Å²) in [5.74, 6) is 0.647. The van der Waals surface area contributed by atoms with Crippen LogP contribution in [0.3, 0.4) is 0 Å². The number of thiazole rings is 2. The van der Waals surface area contributed by atoms with E-state index in [1.165, 1.54) is 36.5 Å². The zero-order valence-corrected chi connectivity index (χ0v) is 25.4. The van der Waals surface area contributed by atoms with E-state index < -0.39 is 0 Å². The zero-order valence-electron chi connectivity index (χ0n) is 23.7. The fourth-order valence-corrected chi connectivity index (χ4v) is 6.30. The van der Waals surface area contributed by atoms with Crippen LogP contribution in [0, 0.1) is 0 Å². The van der Waals surface area contributed by atoms with Gasteiger partial charge in [0.2, 0.25) is 11.8 Å². The van der Waals surface area contributed by atoms with Gasteiger partial charge in [-0.2, -0.15) is 0 Å². The molecular weight excluding hydrogens is 569 g/mol. The average molecular weight is 599 g/mol. The van der Waals surface area contributed by atoms with Gasteiger partial charge in [0.15, 0.2) is 21.2 Å². The summed E-state index contributed by atoms with van der Waals surface area (Å²) in [4.78, 5) is 37.3. The molecule has 0 aliphatic rings. The third-order valence-corrected chi connectivity index (χ3v) is 8.32. The molecule has 3 aromatic carbocycles. The number of nitrogens with zero attached hydrogens (tertiary/aromatic N) is 4. The Balaban J connectivity index is 1.80. The van der Waals surface area contributed by atoms with Crippen LogP contribution in [0.15, 0.2) is 94.9 Å². The zero-order chi connectivity index (χ0) is 29.6. The summed E-state index contributed by atoms with van der Waals surface area (Å²) in [6, 6.07) is 26.9. The molecule has 0 amide bonds. The summed E-state index contributed by atoms with van der Waals surface area (Å²) in [5.41, 5.74) is 2.96. The monoisotopic (exact) mass is 598 g/mol. The van der Waals surface area contributed by atoms with Crippen molar-refractivity contribution in [1.29, 1.82) is 0 Å². The normalized spacial score (nSPS) is 12.0. The molecule has 0 fully saturated rings. The minimum Gasteiger partial charge on any atom is -0.478 e. The van der Waals surface area contributed by atoms with Crippen LogP contribution in [-0.2, 0) is 0 Å². The topological polar surface area (TPSA) is 87.2 Å². The molecule has 0 N–H and O–H groups in total. The van der Waals surface area contributed by atoms with Crippen LogP contribution in [0.1, 0.15) is 47.0 Å². The molecule has 0 bridgehead atoms. The molecule has 2 heterocycles. The number of ether oxygens (including phenoxy) is 2. The molecule has 214 valence electrons. The van der Waals surface area contributed by atoms with E-state index in [1.807, 2.05) is 108 Å². The number of Topliss-reactive ketones (excluding diaryl/α,β-unsaturated/α-hetero) is 2. The van der Waals surface area contributed by atoms with Gasteiger partial charge in [0.25, 0.3) is 0 Å². The van der Waals surface area contributed by atoms with E-state index in [4.69, 9.17) is 19.5 Å². The predicted molar refractivity (Wildman–Crippen MR) is 167 cm³/mol. The highest BCUT2D eigenvalue weighted by atomic mass is 32.1. The highest BCUT2D eigenvalue weighted by Gasteiger charge is 2.23. The number of rotatable bonds is 10. The fourth-order valence-electron chi connectivity index (χ4n) is 4.31. The van der Waals surface area contributed by atoms with Crippen molar-refractivity contribution >= 4 is 45.6 Å². The molecule has 0 radical (unpaired) electrons. The maximum absolute atomic E-state index is 12.7. The Labute approximate surface area is 251 Å². The van der Waals surface area contributed by atoms with Gasteiger partial charge in [-0.3, -0.25) is 18.7 Å². The Morgan fingerprint density at radius 1 is 0.643 bits per heavy atom. The number of aromatic nitrogens is 2. The summed E-state index contributed by atoms with van der Waals surface area (Å²) < 4.78 is 15.8. The maximum atomic E-state index is 12.7. The molecule has 0 aliphatic carbocycles. The molecule has 42 heavy (non-hydrogen) atoms. The van der Waals surface area contributed by atoms with Gasteiger partial charge in [0.1, 0.15) is 9.75 Å². The van der Waals surface area contributed by atoms with E-state index in [0.29, 0.717) is 44.3 Å². The van der Waals surface area contributed by atoms with Gasteiger partial charge in [0, 0.05) is 13.8 Å². The average Bonchev–Trinajstić information content (AvgIpc) is 3.53. The number of ketones is 2. The lowest BCUT2D eigenvalue weighted by atomic mass is 10.2. The molecular formula is C32H30N4O4S2. The summed E-state index contributed by atoms with van der Waals surface area (Å²) in [5, 5.41) is 0. The SMILES string of the molecule is CCOc1c(C(C)=O)sc(=Nc2ccccc2)n1-c1cccc(-n2c(OCC)c(C(C)=O)sc2=Nc2ccccc2)c1. The molecule has 0 aliphatic heterocycles. The number of carbonyl (C=O) groups is 2. The first-order chi connectivity index (χ1) is 20.4. The van der Waals surface area contributed by atoms with E-state index in [2.05, 4.69) is 0 Å². The second-order valence-corrected chi connectivity index (χ2v) is 11.1. The Kier molecular flexibility index (Phi) is 8.94. The summed E-state index contributed by atoms with van der Waals surface area (Å²) in [6.45, 7) is 7.56. The van der Waals surface area contributed by atoms with Crippen LogP contribution in [0.25, 0.3) is 11.4 Å². The van der Waals surface area contributed by atoms with E-state index >= 15 is 0 Å². The Morgan fingerprint density at radius 2 is 1.05 bits per heavy atom. The predicted octanol–water partition coefficient (Wildman–Crippen LogP) is 7.06. The van der Waals surface area contributed by atoms with Gasteiger partial charge >= 0.3 is 0 Å². The molecule has 10 heteroatoms. The maximum Gasteiger partial charge on any atom is 0.222 e. The van der Waals surface area contributed by atoms with Crippen LogP contribution < -0.4 is 19.1 Å². The van der Waals surface area contributed by atoms with Crippen LogP contribution in [0.4, 0.5) is 11.4 Å². The third-order valence-electron chi connectivity index (χ3n) is 6.07. The fraction of sp³-hybridized carbons (Fsp3) is 0.188. The molecule has 2 aromatic heterocycles. The molecule has 0 spiro atoms. The van der Waals surface area contributed by atoms with E-state index in [-0.39, 0.29) is 11.6 Å². The largest absolute Gasteiger partial charge is 0.478 e. The van der Waals surface area contributed by atoms with Crippen molar-refractivity contribution in [2.75, 3.05) is 13.2 Å². The number of hydrogen-bond donors (Lipinski definition) is 0. The Bertz CT molecular complexity index is 1730. The van der Waals surface area contributed by atoms with Gasteiger partial charge in [0.05, 0.1) is 36.0 Å². The lowest BCUT2D eigenvalue weighted by Gasteiger charge is -2.14. The number of para-hydroxylation sites is 2. The Morgan fingerprint density at radius 3 is 1.40 bits per heavy atom. The first-order valence-corrected chi connectivity index (χ1v) is 15.1. The van der Waals surface area contributed by atoms with E-state index in [1.54, 1.807) is 0 Å². The van der Waals surface area contributed by atoms with E-state index in [0.717, 1.165) is 22.7 Å². The lowest BCUT2D eigenvalue weighted by molar-refractivity contribution is 0.100. The molecule has 5 rings (SSSR count). The number of hydrogen-bond acceptors (Lipinski definition) is 8. The van der Waals surface area contributed by atoms with Crippen molar-refractivity contribution in [3.05, 3.63) is 104 Å². The molecule has 0 saturated heterocycles. The minimum atomic E-state index is -0.108. The lowest BCUT2D eigenvalue weighted by Crippen LogP contribution is -2.17. The quantitative estimate of drug-likeness (QED) is 0.161. The molecule has 5 aromatic rings. The standard InChI is InChI=1S/C32H30N4O4S2/c1-5-39-29-27(21(3)37)41-31(33-23-14-9-7-10-15-23)35(29)25-18-13-19-26(20-25)36-30(40-6-2)28(22(4)38)42-32(36)34-24-16-11-8-12-17-24/h7-20H,5-6H2,1-4H3. The van der Waals surface area contributed by atoms with Crippen LogP contribution in [0.5, 0.6) is 11.8 Å². The van der Waals surface area contributed by atoms with Crippen molar-refractivity contribution in [3.63, 3.8) is 0 Å². The third kappa shape index (κ3) is 6.05. The van der Waals surface area contributed by atoms with E-state index in [9.17, 15) is 9.59 Å². The van der Waals surface area contributed by atoms with Crippen LogP contribution in [0.2, 0.25) is 0 Å². The molecule has 0 saturated carbocycles. The van der Waals surface area contributed by atoms with Gasteiger partial charge in [-0.25, -0.2) is 9.98 Å². The summed E-state index contributed by atoms with van der Waals surface area (Å²) in [6.07, 6.45) is 0. The number of benzene rings is 3. The van der Waals surface area contributed by atoms with Crippen molar-refractivity contribution in [2.24, 2.45) is 9.98 Å². The first kappa shape index (κ1) is 29.0. The van der Waals surface area contributed by atoms with Crippen LogP contribution in [-0.4, -0.2) is 33.9 Å². The number of carbonyl (C=O) groups excluding carboxylic acids is 2. The second-order valence-electron chi connectivity index (χ2n) is 9.10. The summed E-state index contributed by atoms with van der Waals surface area (Å²) in [7, 11) is 0. The van der Waals surface area contributed by atoms with Gasteiger partial charge in [-0.15, -0.1) is 0 Å².